The largest absolute Gasteiger partial charge is 0.300 e. The van der Waals surface area contributed by atoms with Gasteiger partial charge in [-0.15, -0.1) is 11.3 Å². The Hall–Kier alpha value is -2.84. The fourth-order valence-corrected chi connectivity index (χ4v) is 4.02. The maximum Gasteiger partial charge on any atom is 0.247 e. The number of rotatable bonds is 4. The highest BCUT2D eigenvalue weighted by Crippen LogP contribution is 2.31. The highest BCUT2D eigenvalue weighted by atomic mass is 79.9. The molecule has 0 spiro atoms. The third-order valence-corrected chi connectivity index (χ3v) is 5.63. The van der Waals surface area contributed by atoms with Gasteiger partial charge in [-0.25, -0.2) is 4.98 Å². The molecule has 28 heavy (non-hydrogen) atoms. The van der Waals surface area contributed by atoms with Gasteiger partial charge in [0.25, 0.3) is 0 Å². The van der Waals surface area contributed by atoms with Crippen LogP contribution in [0.2, 0.25) is 0 Å². The van der Waals surface area contributed by atoms with E-state index in [0.29, 0.717) is 16.0 Å². The second-order valence-corrected chi connectivity index (χ2v) is 8.28. The quantitative estimate of drug-likeness (QED) is 0.500. The van der Waals surface area contributed by atoms with Crippen molar-refractivity contribution in [2.24, 2.45) is 0 Å². The number of carbonyl (C=O) groups excluding carboxylic acids is 1. The van der Waals surface area contributed by atoms with Crippen LogP contribution < -0.4 is 10.7 Å². The number of amides is 1. The van der Waals surface area contributed by atoms with Crippen molar-refractivity contribution in [2.45, 2.75) is 13.5 Å². The van der Waals surface area contributed by atoms with Gasteiger partial charge in [0, 0.05) is 20.3 Å². The summed E-state index contributed by atoms with van der Waals surface area (Å²) in [5, 5.41) is 7.99. The summed E-state index contributed by atoms with van der Waals surface area (Å²) < 4.78 is 2.51. The predicted molar refractivity (Wildman–Crippen MR) is 115 cm³/mol. The first-order valence-corrected chi connectivity index (χ1v) is 10.1. The lowest BCUT2D eigenvalue weighted by atomic mass is 10.1. The first-order chi connectivity index (χ1) is 13.5. The van der Waals surface area contributed by atoms with E-state index in [9.17, 15) is 9.59 Å². The molecule has 0 unspecified atom stereocenters. The molecule has 0 atom stereocenters. The molecule has 1 N–H and O–H groups in total. The third kappa shape index (κ3) is 3.74. The minimum Gasteiger partial charge on any atom is -0.300 e. The van der Waals surface area contributed by atoms with Gasteiger partial charge < -0.3 is 5.32 Å². The molecule has 0 saturated carbocycles. The van der Waals surface area contributed by atoms with Gasteiger partial charge in [-0.2, -0.15) is 5.10 Å². The van der Waals surface area contributed by atoms with Crippen LogP contribution in [0.4, 0.5) is 5.13 Å². The summed E-state index contributed by atoms with van der Waals surface area (Å²) >= 11 is 4.85. The standard InChI is InChI=1S/C20H15BrN4O2S/c1-12-19(13-6-8-14(21)9-7-13)24-20(28-12)23-18(27)11-25-16-5-3-2-4-15(16)17(26)10-22-25/h2-10H,11H2,1H3,(H,23,24,27). The highest BCUT2D eigenvalue weighted by Gasteiger charge is 2.13. The summed E-state index contributed by atoms with van der Waals surface area (Å²) in [6.45, 7) is 1.97. The van der Waals surface area contributed by atoms with Gasteiger partial charge in [0.2, 0.25) is 11.3 Å². The number of aryl methyl sites for hydroxylation is 1. The number of carbonyl (C=O) groups is 1. The molecule has 8 heteroatoms. The van der Waals surface area contributed by atoms with Gasteiger partial charge in [-0.3, -0.25) is 14.3 Å². The van der Waals surface area contributed by atoms with E-state index in [1.165, 1.54) is 22.2 Å². The van der Waals surface area contributed by atoms with Crippen LogP contribution in [0.5, 0.6) is 0 Å². The number of hydrogen-bond acceptors (Lipinski definition) is 5. The van der Waals surface area contributed by atoms with Crippen LogP contribution in [-0.4, -0.2) is 20.7 Å². The second kappa shape index (κ2) is 7.65. The number of thiazole rings is 1. The number of fused-ring (bicyclic) bond motifs is 1. The zero-order valence-electron chi connectivity index (χ0n) is 14.8. The average molecular weight is 455 g/mol. The van der Waals surface area contributed by atoms with Crippen LogP contribution in [0, 0.1) is 6.92 Å². The van der Waals surface area contributed by atoms with Gasteiger partial charge in [-0.1, -0.05) is 40.2 Å². The molecule has 2 aromatic heterocycles. The van der Waals surface area contributed by atoms with Crippen LogP contribution >= 0.6 is 27.3 Å². The van der Waals surface area contributed by atoms with Gasteiger partial charge >= 0.3 is 0 Å². The Bertz CT molecular complexity index is 1230. The molecule has 6 nitrogen and oxygen atoms in total. The van der Waals surface area contributed by atoms with Gasteiger partial charge in [0.1, 0.15) is 6.54 Å². The van der Waals surface area contributed by atoms with E-state index in [1.54, 1.807) is 18.2 Å². The van der Waals surface area contributed by atoms with E-state index in [2.05, 4.69) is 31.3 Å². The Morgan fingerprint density at radius 1 is 1.18 bits per heavy atom. The molecule has 4 aromatic rings. The smallest absolute Gasteiger partial charge is 0.247 e. The predicted octanol–water partition coefficient (Wildman–Crippen LogP) is 4.23. The summed E-state index contributed by atoms with van der Waals surface area (Å²) in [5.74, 6) is -0.252. The molecule has 0 aliphatic heterocycles. The Morgan fingerprint density at radius 2 is 1.93 bits per heavy atom. The van der Waals surface area contributed by atoms with Crippen molar-refractivity contribution in [3.63, 3.8) is 0 Å². The van der Waals surface area contributed by atoms with Crippen molar-refractivity contribution >= 4 is 49.2 Å². The monoisotopic (exact) mass is 454 g/mol. The SMILES string of the molecule is Cc1sc(NC(=O)Cn2ncc(=O)c3ccccc32)nc1-c1ccc(Br)cc1. The van der Waals surface area contributed by atoms with E-state index in [1.807, 2.05) is 37.3 Å². The average Bonchev–Trinajstić information content (AvgIpc) is 3.05. The number of hydrogen-bond donors (Lipinski definition) is 1. The number of benzene rings is 2. The first-order valence-electron chi connectivity index (χ1n) is 8.49. The molecule has 0 bridgehead atoms. The van der Waals surface area contributed by atoms with Crippen LogP contribution in [0.1, 0.15) is 4.88 Å². The van der Waals surface area contributed by atoms with Gasteiger partial charge in [0.05, 0.1) is 17.4 Å². The molecule has 4 rings (SSSR count). The maximum absolute atomic E-state index is 12.5. The summed E-state index contributed by atoms with van der Waals surface area (Å²) in [7, 11) is 0. The molecule has 0 saturated heterocycles. The zero-order valence-corrected chi connectivity index (χ0v) is 17.3. The number of nitrogens with zero attached hydrogens (tertiary/aromatic N) is 3. The van der Waals surface area contributed by atoms with E-state index < -0.39 is 0 Å². The van der Waals surface area contributed by atoms with Crippen LogP contribution in [0.3, 0.4) is 0 Å². The Balaban J connectivity index is 1.55. The van der Waals surface area contributed by atoms with Crippen molar-refractivity contribution in [3.05, 3.63) is 74.3 Å². The lowest BCUT2D eigenvalue weighted by Gasteiger charge is -2.08. The summed E-state index contributed by atoms with van der Waals surface area (Å²) in [6.07, 6.45) is 1.23. The van der Waals surface area contributed by atoms with E-state index in [4.69, 9.17) is 0 Å². The fourth-order valence-electron chi connectivity index (χ4n) is 2.91. The van der Waals surface area contributed by atoms with E-state index in [-0.39, 0.29) is 17.9 Å². The molecule has 0 fully saturated rings. The molecule has 2 aromatic carbocycles. The van der Waals surface area contributed by atoms with Crippen LogP contribution in [0.25, 0.3) is 22.2 Å². The fraction of sp³-hybridized carbons (Fsp3) is 0.100. The Labute approximate surface area is 173 Å². The number of nitrogens with one attached hydrogen (secondary N) is 1. The number of halogens is 1. The van der Waals surface area contributed by atoms with E-state index in [0.717, 1.165) is 20.6 Å². The third-order valence-electron chi connectivity index (χ3n) is 4.22. The molecular weight excluding hydrogens is 440 g/mol. The lowest BCUT2D eigenvalue weighted by molar-refractivity contribution is -0.116. The number of para-hydroxylation sites is 1. The van der Waals surface area contributed by atoms with E-state index >= 15 is 0 Å². The summed E-state index contributed by atoms with van der Waals surface area (Å²) in [4.78, 5) is 30.0. The molecule has 2 heterocycles. The number of anilines is 1. The molecule has 0 aliphatic rings. The van der Waals surface area contributed by atoms with Crippen molar-refractivity contribution in [2.75, 3.05) is 5.32 Å². The van der Waals surface area contributed by atoms with Gasteiger partial charge in [-0.05, 0) is 31.2 Å². The zero-order chi connectivity index (χ0) is 19.7. The summed E-state index contributed by atoms with van der Waals surface area (Å²) in [6, 6.07) is 15.0. The summed E-state index contributed by atoms with van der Waals surface area (Å²) in [5.41, 5.74) is 2.29. The minimum atomic E-state index is -0.252. The maximum atomic E-state index is 12.5. The van der Waals surface area contributed by atoms with Crippen molar-refractivity contribution < 1.29 is 4.79 Å². The van der Waals surface area contributed by atoms with Crippen LogP contribution in [0.15, 0.2) is 64.0 Å². The van der Waals surface area contributed by atoms with Crippen molar-refractivity contribution in [1.82, 2.24) is 14.8 Å². The van der Waals surface area contributed by atoms with Crippen molar-refractivity contribution in [3.8, 4) is 11.3 Å². The lowest BCUT2D eigenvalue weighted by Crippen LogP contribution is -2.22. The Kier molecular flexibility index (Phi) is 5.06. The van der Waals surface area contributed by atoms with Gasteiger partial charge in [0.15, 0.2) is 5.13 Å². The topological polar surface area (TPSA) is 76.9 Å². The molecule has 0 aliphatic carbocycles. The first kappa shape index (κ1) is 18.5. The number of aromatic nitrogens is 3. The molecular formula is C20H15BrN4O2S. The molecule has 1 amide bonds. The minimum absolute atomic E-state index is 0.00691. The van der Waals surface area contributed by atoms with Crippen molar-refractivity contribution in [1.29, 1.82) is 0 Å². The Morgan fingerprint density at radius 3 is 2.71 bits per heavy atom. The molecule has 140 valence electrons. The normalized spacial score (nSPS) is 10.9. The second-order valence-electron chi connectivity index (χ2n) is 6.16. The highest BCUT2D eigenvalue weighted by molar-refractivity contribution is 9.10. The molecule has 0 radical (unpaired) electrons. The van der Waals surface area contributed by atoms with Crippen LogP contribution in [-0.2, 0) is 11.3 Å².